The van der Waals surface area contributed by atoms with Crippen LogP contribution in [-0.4, -0.2) is 55.6 Å². The van der Waals surface area contributed by atoms with Gasteiger partial charge in [-0.3, -0.25) is 4.79 Å². The molecule has 0 saturated heterocycles. The second-order valence-corrected chi connectivity index (χ2v) is 4.54. The number of ether oxygens (including phenoxy) is 1. The molecule has 0 aromatic carbocycles. The Morgan fingerprint density at radius 1 is 1.30 bits per heavy atom. The van der Waals surface area contributed by atoms with Gasteiger partial charge in [0.05, 0.1) is 6.61 Å². The van der Waals surface area contributed by atoms with Crippen molar-refractivity contribution in [2.24, 2.45) is 0 Å². The maximum absolute atomic E-state index is 11.9. The van der Waals surface area contributed by atoms with E-state index in [1.165, 1.54) is 6.07 Å². The molecule has 0 atom stereocenters. The second kappa shape index (κ2) is 8.27. The van der Waals surface area contributed by atoms with Crippen molar-refractivity contribution in [2.75, 3.05) is 33.8 Å². The number of hydrogen-bond donors (Lipinski definition) is 1. The Bertz CT molecular complexity index is 461. The number of nitrogens with one attached hydrogen (secondary N) is 1. The predicted octanol–water partition coefficient (Wildman–Crippen LogP) is 0.940. The van der Waals surface area contributed by atoms with Crippen LogP contribution in [0.3, 0.4) is 0 Å². The Kier molecular flexibility index (Phi) is 6.66. The number of hydrogen-bond acceptors (Lipinski definition) is 5. The van der Waals surface area contributed by atoms with Gasteiger partial charge in [0.1, 0.15) is 11.4 Å². The zero-order chi connectivity index (χ0) is 15.0. The molecule has 6 nitrogen and oxygen atoms in total. The fourth-order valence-electron chi connectivity index (χ4n) is 1.57. The van der Waals surface area contributed by atoms with Gasteiger partial charge in [0, 0.05) is 6.54 Å². The van der Waals surface area contributed by atoms with E-state index in [0.29, 0.717) is 6.54 Å². The van der Waals surface area contributed by atoms with Crippen molar-refractivity contribution >= 4 is 11.9 Å². The van der Waals surface area contributed by atoms with Crippen LogP contribution in [0.15, 0.2) is 18.2 Å². The number of carbonyl (C=O) groups is 2. The predicted molar refractivity (Wildman–Crippen MR) is 75.7 cm³/mol. The summed E-state index contributed by atoms with van der Waals surface area (Å²) in [5.41, 5.74) is 0.369. The van der Waals surface area contributed by atoms with Crippen LogP contribution >= 0.6 is 0 Å². The molecule has 6 heteroatoms. The van der Waals surface area contributed by atoms with Crippen LogP contribution in [0.1, 0.15) is 34.3 Å². The van der Waals surface area contributed by atoms with E-state index in [0.717, 1.165) is 13.0 Å². The Balaban J connectivity index is 2.55. The van der Waals surface area contributed by atoms with Gasteiger partial charge in [0.15, 0.2) is 0 Å². The summed E-state index contributed by atoms with van der Waals surface area (Å²) in [5, 5.41) is 2.77. The molecule has 20 heavy (non-hydrogen) atoms. The molecule has 1 rings (SSSR count). The fraction of sp³-hybridized carbons (Fsp3) is 0.500. The third kappa shape index (κ3) is 5.36. The van der Waals surface area contributed by atoms with Crippen molar-refractivity contribution in [3.8, 4) is 0 Å². The quantitative estimate of drug-likeness (QED) is 0.594. The Hall–Kier alpha value is -1.95. The summed E-state index contributed by atoms with van der Waals surface area (Å²) in [7, 11) is 3.96. The van der Waals surface area contributed by atoms with E-state index in [1.807, 2.05) is 19.0 Å². The number of nitrogens with zero attached hydrogens (tertiary/aromatic N) is 2. The van der Waals surface area contributed by atoms with Gasteiger partial charge in [-0.1, -0.05) is 6.07 Å². The molecule has 1 aromatic heterocycles. The summed E-state index contributed by atoms with van der Waals surface area (Å²) in [5.74, 6) is -0.801. The van der Waals surface area contributed by atoms with Gasteiger partial charge in [-0.2, -0.15) is 0 Å². The van der Waals surface area contributed by atoms with E-state index in [2.05, 4.69) is 10.3 Å². The first-order chi connectivity index (χ1) is 9.54. The highest BCUT2D eigenvalue weighted by molar-refractivity contribution is 5.94. The van der Waals surface area contributed by atoms with Gasteiger partial charge < -0.3 is 15.0 Å². The van der Waals surface area contributed by atoms with Crippen LogP contribution in [0, 0.1) is 0 Å². The van der Waals surface area contributed by atoms with Crippen LogP contribution in [0.4, 0.5) is 0 Å². The number of esters is 1. The van der Waals surface area contributed by atoms with Crippen LogP contribution in [0.2, 0.25) is 0 Å². The molecular formula is C14H21N3O3. The smallest absolute Gasteiger partial charge is 0.356 e. The van der Waals surface area contributed by atoms with Gasteiger partial charge in [0.25, 0.3) is 5.91 Å². The molecule has 110 valence electrons. The summed E-state index contributed by atoms with van der Waals surface area (Å²) < 4.78 is 4.85. The molecule has 1 heterocycles. The lowest BCUT2D eigenvalue weighted by Gasteiger charge is -2.10. The highest BCUT2D eigenvalue weighted by atomic mass is 16.5. The molecule has 0 bridgehead atoms. The van der Waals surface area contributed by atoms with Gasteiger partial charge in [0.2, 0.25) is 0 Å². The van der Waals surface area contributed by atoms with Gasteiger partial charge in [-0.15, -0.1) is 0 Å². The van der Waals surface area contributed by atoms with Crippen LogP contribution in [0.5, 0.6) is 0 Å². The van der Waals surface area contributed by atoms with E-state index in [4.69, 9.17) is 4.74 Å². The van der Waals surface area contributed by atoms with Gasteiger partial charge in [-0.05, 0) is 46.1 Å². The molecule has 0 fully saturated rings. The molecule has 0 aliphatic heterocycles. The third-order valence-corrected chi connectivity index (χ3v) is 2.53. The minimum absolute atomic E-state index is 0.146. The minimum Gasteiger partial charge on any atom is -0.461 e. The minimum atomic E-state index is -0.519. The highest BCUT2D eigenvalue weighted by Crippen LogP contribution is 2.02. The van der Waals surface area contributed by atoms with Crippen molar-refractivity contribution in [1.82, 2.24) is 15.2 Å². The largest absolute Gasteiger partial charge is 0.461 e. The van der Waals surface area contributed by atoms with Crippen molar-refractivity contribution < 1.29 is 14.3 Å². The maximum Gasteiger partial charge on any atom is 0.356 e. The lowest BCUT2D eigenvalue weighted by molar-refractivity contribution is 0.0519. The molecule has 1 amide bonds. The van der Waals surface area contributed by atoms with Gasteiger partial charge >= 0.3 is 5.97 Å². The van der Waals surface area contributed by atoms with E-state index >= 15 is 0 Å². The SMILES string of the molecule is CCOC(=O)c1cccc(C(=O)NCCCN(C)C)n1. The van der Waals surface area contributed by atoms with Crippen molar-refractivity contribution in [3.63, 3.8) is 0 Å². The van der Waals surface area contributed by atoms with Crippen LogP contribution in [0.25, 0.3) is 0 Å². The monoisotopic (exact) mass is 279 g/mol. The Morgan fingerprint density at radius 2 is 2.00 bits per heavy atom. The number of pyridine rings is 1. The molecule has 0 unspecified atom stereocenters. The Morgan fingerprint density at radius 3 is 2.65 bits per heavy atom. The van der Waals surface area contributed by atoms with Crippen LogP contribution in [-0.2, 0) is 4.74 Å². The molecule has 0 saturated carbocycles. The lowest BCUT2D eigenvalue weighted by Crippen LogP contribution is -2.28. The first-order valence-electron chi connectivity index (χ1n) is 6.61. The summed E-state index contributed by atoms with van der Waals surface area (Å²) >= 11 is 0. The van der Waals surface area contributed by atoms with Crippen molar-refractivity contribution in [1.29, 1.82) is 0 Å². The van der Waals surface area contributed by atoms with Crippen molar-refractivity contribution in [3.05, 3.63) is 29.6 Å². The van der Waals surface area contributed by atoms with Crippen molar-refractivity contribution in [2.45, 2.75) is 13.3 Å². The third-order valence-electron chi connectivity index (χ3n) is 2.53. The average Bonchev–Trinajstić information content (AvgIpc) is 2.43. The van der Waals surface area contributed by atoms with E-state index in [1.54, 1.807) is 19.1 Å². The van der Waals surface area contributed by atoms with Crippen LogP contribution < -0.4 is 5.32 Å². The number of carbonyl (C=O) groups excluding carboxylic acids is 2. The maximum atomic E-state index is 11.9. The average molecular weight is 279 g/mol. The summed E-state index contributed by atoms with van der Waals surface area (Å²) in [6.07, 6.45) is 0.857. The molecule has 0 aliphatic carbocycles. The number of aromatic nitrogens is 1. The van der Waals surface area contributed by atoms with Gasteiger partial charge in [-0.25, -0.2) is 9.78 Å². The van der Waals surface area contributed by atoms with E-state index < -0.39 is 5.97 Å². The molecule has 0 aliphatic rings. The second-order valence-electron chi connectivity index (χ2n) is 4.54. The summed E-state index contributed by atoms with van der Waals surface area (Å²) in [6.45, 7) is 3.47. The molecule has 1 aromatic rings. The molecule has 0 radical (unpaired) electrons. The first kappa shape index (κ1) is 16.1. The normalized spacial score (nSPS) is 10.4. The number of rotatable bonds is 7. The molecular weight excluding hydrogens is 258 g/mol. The number of amides is 1. The topological polar surface area (TPSA) is 71.5 Å². The summed E-state index contributed by atoms with van der Waals surface area (Å²) in [4.78, 5) is 29.5. The molecule has 0 spiro atoms. The fourth-order valence-corrected chi connectivity index (χ4v) is 1.57. The zero-order valence-electron chi connectivity index (χ0n) is 12.2. The zero-order valence-corrected chi connectivity index (χ0v) is 12.2. The van der Waals surface area contributed by atoms with E-state index in [-0.39, 0.29) is 23.9 Å². The van der Waals surface area contributed by atoms with E-state index in [9.17, 15) is 9.59 Å². The standard InChI is InChI=1S/C14H21N3O3/c1-4-20-14(19)12-8-5-7-11(16-12)13(18)15-9-6-10-17(2)3/h5,7-8H,4,6,9-10H2,1-3H3,(H,15,18). The molecule has 1 N–H and O–H groups in total. The lowest BCUT2D eigenvalue weighted by atomic mass is 10.3. The summed E-state index contributed by atoms with van der Waals surface area (Å²) in [6, 6.07) is 4.72. The first-order valence-corrected chi connectivity index (χ1v) is 6.61. The highest BCUT2D eigenvalue weighted by Gasteiger charge is 2.12. The Labute approximate surface area is 119 Å².